The predicted octanol–water partition coefficient (Wildman–Crippen LogP) is 5.26. The van der Waals surface area contributed by atoms with Crippen LogP contribution in [0.3, 0.4) is 0 Å². The molecule has 0 heterocycles. The van der Waals surface area contributed by atoms with Crippen molar-refractivity contribution < 1.29 is 14.3 Å². The lowest BCUT2D eigenvalue weighted by atomic mass is 9.92. The van der Waals surface area contributed by atoms with Gasteiger partial charge in [0.15, 0.2) is 11.5 Å². The minimum absolute atomic E-state index is 0.356. The molecule has 30 heavy (non-hydrogen) atoms. The molecular formula is C26H37NO3. The van der Waals surface area contributed by atoms with Crippen molar-refractivity contribution >= 4 is 5.91 Å². The molecule has 2 bridgehead atoms. The van der Waals surface area contributed by atoms with E-state index in [9.17, 15) is 4.79 Å². The van der Waals surface area contributed by atoms with E-state index in [0.29, 0.717) is 24.2 Å². The van der Waals surface area contributed by atoms with Crippen molar-refractivity contribution in [3.63, 3.8) is 0 Å². The number of allylic oxidation sites excluding steroid dienone is 2. The molecule has 2 fully saturated rings. The van der Waals surface area contributed by atoms with Crippen LogP contribution in [0, 0.1) is 23.7 Å². The number of carbonyl (C=O) groups is 1. The van der Waals surface area contributed by atoms with E-state index in [1.807, 2.05) is 12.1 Å². The Bertz CT molecular complexity index is 753. The number of ether oxygens (including phenoxy) is 2. The summed E-state index contributed by atoms with van der Waals surface area (Å²) in [6, 6.07) is 6.09. The van der Waals surface area contributed by atoms with Crippen LogP contribution in [-0.2, 0) is 11.2 Å². The van der Waals surface area contributed by atoms with Crippen LogP contribution in [0.15, 0.2) is 30.4 Å². The fourth-order valence-electron chi connectivity index (χ4n) is 5.79. The summed E-state index contributed by atoms with van der Waals surface area (Å²) in [7, 11) is 3.33. The average Bonchev–Trinajstić information content (AvgIpc) is 3.53. The molecule has 164 valence electrons. The Balaban J connectivity index is 1.38. The van der Waals surface area contributed by atoms with Crippen LogP contribution in [0.25, 0.3) is 0 Å². The van der Waals surface area contributed by atoms with Gasteiger partial charge < -0.3 is 14.4 Å². The van der Waals surface area contributed by atoms with Gasteiger partial charge in [0.2, 0.25) is 5.91 Å². The fraction of sp³-hybridized carbons (Fsp3) is 0.654. The molecule has 0 radical (unpaired) electrons. The van der Waals surface area contributed by atoms with Crippen LogP contribution in [0.5, 0.6) is 11.5 Å². The molecule has 0 saturated heterocycles. The van der Waals surface area contributed by atoms with Gasteiger partial charge in [-0.3, -0.25) is 4.79 Å². The normalized spacial score (nSPS) is 25.1. The second-order valence-electron chi connectivity index (χ2n) is 9.51. The van der Waals surface area contributed by atoms with E-state index in [0.717, 1.165) is 49.3 Å². The molecule has 4 heteroatoms. The van der Waals surface area contributed by atoms with Crippen molar-refractivity contribution in [3.05, 3.63) is 35.9 Å². The SMILES string of the molecule is COc1ccc(CCN(C[C@H]2C[C@H]3C=C[C@H]2C3)C(=O)CCC2CCCC2)cc1OC. The summed E-state index contributed by atoms with van der Waals surface area (Å²) >= 11 is 0. The van der Waals surface area contributed by atoms with Crippen molar-refractivity contribution in [1.82, 2.24) is 4.90 Å². The molecule has 1 aromatic rings. The lowest BCUT2D eigenvalue weighted by Gasteiger charge is -2.29. The van der Waals surface area contributed by atoms with Crippen LogP contribution < -0.4 is 9.47 Å². The summed E-state index contributed by atoms with van der Waals surface area (Å²) < 4.78 is 10.8. The minimum atomic E-state index is 0.356. The Kier molecular flexibility index (Phi) is 7.01. The van der Waals surface area contributed by atoms with E-state index < -0.39 is 0 Å². The molecule has 1 aromatic carbocycles. The molecule has 0 aromatic heterocycles. The zero-order valence-corrected chi connectivity index (χ0v) is 18.6. The molecule has 3 aliphatic rings. The first-order chi connectivity index (χ1) is 14.7. The van der Waals surface area contributed by atoms with Gasteiger partial charge >= 0.3 is 0 Å². The number of amides is 1. The summed E-state index contributed by atoms with van der Waals surface area (Å²) in [4.78, 5) is 15.4. The monoisotopic (exact) mass is 411 g/mol. The summed E-state index contributed by atoms with van der Waals surface area (Å²) in [6.45, 7) is 1.71. The highest BCUT2D eigenvalue weighted by Crippen LogP contribution is 2.43. The van der Waals surface area contributed by atoms with Crippen LogP contribution in [-0.4, -0.2) is 38.1 Å². The highest BCUT2D eigenvalue weighted by atomic mass is 16.5. The van der Waals surface area contributed by atoms with Gasteiger partial charge in [-0.15, -0.1) is 0 Å². The Labute approximate surface area is 181 Å². The molecule has 3 atom stereocenters. The Morgan fingerprint density at radius 3 is 2.53 bits per heavy atom. The van der Waals surface area contributed by atoms with Gasteiger partial charge in [0.25, 0.3) is 0 Å². The Morgan fingerprint density at radius 2 is 1.87 bits per heavy atom. The van der Waals surface area contributed by atoms with Crippen molar-refractivity contribution in [2.45, 2.75) is 57.8 Å². The summed E-state index contributed by atoms with van der Waals surface area (Å²) in [5.41, 5.74) is 1.19. The Morgan fingerprint density at radius 1 is 1.07 bits per heavy atom. The second-order valence-corrected chi connectivity index (χ2v) is 9.51. The number of rotatable bonds is 10. The predicted molar refractivity (Wildman–Crippen MR) is 120 cm³/mol. The quantitative estimate of drug-likeness (QED) is 0.493. The van der Waals surface area contributed by atoms with Gasteiger partial charge in [-0.2, -0.15) is 0 Å². The minimum Gasteiger partial charge on any atom is -0.493 e. The summed E-state index contributed by atoms with van der Waals surface area (Å²) in [5.74, 6) is 4.71. The van der Waals surface area contributed by atoms with Crippen molar-refractivity contribution in [2.75, 3.05) is 27.3 Å². The van der Waals surface area contributed by atoms with E-state index in [1.54, 1.807) is 14.2 Å². The third kappa shape index (κ3) is 5.01. The highest BCUT2D eigenvalue weighted by molar-refractivity contribution is 5.76. The zero-order chi connectivity index (χ0) is 20.9. The highest BCUT2D eigenvalue weighted by Gasteiger charge is 2.37. The summed E-state index contributed by atoms with van der Waals surface area (Å²) in [6.07, 6.45) is 15.3. The molecule has 4 rings (SSSR count). The maximum Gasteiger partial charge on any atom is 0.222 e. The average molecular weight is 412 g/mol. The first-order valence-corrected chi connectivity index (χ1v) is 11.8. The topological polar surface area (TPSA) is 38.8 Å². The first kappa shape index (κ1) is 21.3. The van der Waals surface area contributed by atoms with Gasteiger partial charge in [-0.1, -0.05) is 43.9 Å². The van der Waals surface area contributed by atoms with Crippen LogP contribution in [0.1, 0.15) is 56.9 Å². The van der Waals surface area contributed by atoms with Gasteiger partial charge in [0, 0.05) is 19.5 Å². The number of hydrogen-bond donors (Lipinski definition) is 0. The van der Waals surface area contributed by atoms with E-state index in [-0.39, 0.29) is 0 Å². The first-order valence-electron chi connectivity index (χ1n) is 11.8. The molecule has 0 aliphatic heterocycles. The van der Waals surface area contributed by atoms with Crippen LogP contribution in [0.4, 0.5) is 0 Å². The number of carbonyl (C=O) groups excluding carboxylic acids is 1. The van der Waals surface area contributed by atoms with Crippen molar-refractivity contribution in [3.8, 4) is 11.5 Å². The third-order valence-electron chi connectivity index (χ3n) is 7.58. The van der Waals surface area contributed by atoms with Crippen LogP contribution in [0.2, 0.25) is 0 Å². The molecule has 0 N–H and O–H groups in total. The second kappa shape index (κ2) is 9.89. The van der Waals surface area contributed by atoms with E-state index in [4.69, 9.17) is 9.47 Å². The van der Waals surface area contributed by atoms with Gasteiger partial charge in [0.05, 0.1) is 14.2 Å². The van der Waals surface area contributed by atoms with E-state index >= 15 is 0 Å². The molecular weight excluding hydrogens is 374 g/mol. The van der Waals surface area contributed by atoms with E-state index in [1.165, 1.54) is 44.1 Å². The Hall–Kier alpha value is -1.97. The van der Waals surface area contributed by atoms with Gasteiger partial charge in [-0.25, -0.2) is 0 Å². The maximum atomic E-state index is 13.2. The number of hydrogen-bond acceptors (Lipinski definition) is 3. The van der Waals surface area contributed by atoms with Gasteiger partial charge in [-0.05, 0) is 67.1 Å². The molecule has 2 saturated carbocycles. The number of nitrogens with zero attached hydrogens (tertiary/aromatic N) is 1. The van der Waals surface area contributed by atoms with Crippen molar-refractivity contribution in [1.29, 1.82) is 0 Å². The lowest BCUT2D eigenvalue weighted by Crippen LogP contribution is -2.38. The molecule has 3 aliphatic carbocycles. The smallest absolute Gasteiger partial charge is 0.222 e. The third-order valence-corrected chi connectivity index (χ3v) is 7.58. The molecule has 0 unspecified atom stereocenters. The lowest BCUT2D eigenvalue weighted by molar-refractivity contribution is -0.132. The van der Waals surface area contributed by atoms with E-state index in [2.05, 4.69) is 23.1 Å². The zero-order valence-electron chi connectivity index (χ0n) is 18.6. The molecule has 4 nitrogen and oxygen atoms in total. The number of methoxy groups -OCH3 is 2. The standard InChI is InChI=1S/C26H37NO3/c1-29-24-11-8-20(17-25(24)30-2)13-14-27(18-23-16-21-7-10-22(23)15-21)26(28)12-9-19-5-3-4-6-19/h7-8,10-11,17,19,21-23H,3-6,9,12-16,18H2,1-2H3/t21-,22-,23+/m0/s1. The fourth-order valence-corrected chi connectivity index (χ4v) is 5.79. The molecule has 1 amide bonds. The largest absolute Gasteiger partial charge is 0.493 e. The van der Waals surface area contributed by atoms with Crippen molar-refractivity contribution in [2.24, 2.45) is 23.7 Å². The number of fused-ring (bicyclic) bond motifs is 2. The van der Waals surface area contributed by atoms with Crippen LogP contribution >= 0.6 is 0 Å². The van der Waals surface area contributed by atoms with Gasteiger partial charge in [0.1, 0.15) is 0 Å². The number of benzene rings is 1. The molecule has 0 spiro atoms. The maximum absolute atomic E-state index is 13.2. The summed E-state index contributed by atoms with van der Waals surface area (Å²) in [5, 5.41) is 0.